The van der Waals surface area contributed by atoms with E-state index in [1.165, 1.54) is 0 Å². The summed E-state index contributed by atoms with van der Waals surface area (Å²) in [5, 5.41) is -6.23. The Morgan fingerprint density at radius 2 is 1.76 bits per heavy atom. The van der Waals surface area contributed by atoms with Crippen molar-refractivity contribution in [2.75, 3.05) is 0 Å². The Labute approximate surface area is 148 Å². The maximum Gasteiger partial charge on any atom is 0.432 e. The van der Waals surface area contributed by atoms with Crippen LogP contribution >= 0.6 is 12.0 Å². The monoisotopic (exact) mass is 404 g/mol. The quantitative estimate of drug-likeness (QED) is 0.492. The zero-order valence-corrected chi connectivity index (χ0v) is 15.1. The fourth-order valence-electron chi connectivity index (χ4n) is 4.27. The van der Waals surface area contributed by atoms with Gasteiger partial charge in [-0.05, 0) is 43.9 Å². The molecule has 0 saturated heterocycles. The molecule has 0 spiro atoms. The van der Waals surface area contributed by atoms with Gasteiger partial charge in [-0.15, -0.1) is 0 Å². The fourth-order valence-corrected chi connectivity index (χ4v) is 6.37. The van der Waals surface area contributed by atoms with Gasteiger partial charge in [0.05, 0.1) is 5.25 Å². The van der Waals surface area contributed by atoms with Crippen molar-refractivity contribution in [3.63, 3.8) is 0 Å². The van der Waals surface area contributed by atoms with Crippen LogP contribution in [0.4, 0.5) is 17.6 Å². The van der Waals surface area contributed by atoms with E-state index in [-0.39, 0.29) is 43.0 Å². The summed E-state index contributed by atoms with van der Waals surface area (Å²) in [6.45, 7) is 0. The Hall–Kier alpha value is -0.350. The van der Waals surface area contributed by atoms with Gasteiger partial charge in [0.25, 0.3) is 0 Å². The molecular weight excluding hydrogens is 384 g/mol. The summed E-state index contributed by atoms with van der Waals surface area (Å²) < 4.78 is 85.1. The molecule has 3 saturated carbocycles. The van der Waals surface area contributed by atoms with Crippen LogP contribution in [-0.4, -0.2) is 30.6 Å². The lowest BCUT2D eigenvalue weighted by atomic mass is 9.84. The third-order valence-electron chi connectivity index (χ3n) is 5.65. The highest BCUT2D eigenvalue weighted by atomic mass is 32.3. The van der Waals surface area contributed by atoms with Gasteiger partial charge >= 0.3 is 21.3 Å². The Morgan fingerprint density at radius 3 is 2.32 bits per heavy atom. The largest absolute Gasteiger partial charge is 0.432 e. The summed E-state index contributed by atoms with van der Waals surface area (Å²) in [6.07, 6.45) is 3.27. The molecule has 2 bridgehead atoms. The van der Waals surface area contributed by atoms with E-state index in [0.29, 0.717) is 25.7 Å². The van der Waals surface area contributed by atoms with Crippen LogP contribution < -0.4 is 0 Å². The first kappa shape index (κ1) is 19.4. The van der Waals surface area contributed by atoms with Gasteiger partial charge < -0.3 is 0 Å². The van der Waals surface area contributed by atoms with Gasteiger partial charge in [0.1, 0.15) is 5.78 Å². The summed E-state index contributed by atoms with van der Waals surface area (Å²) >= 11 is 0.0624. The van der Waals surface area contributed by atoms with Gasteiger partial charge in [0, 0.05) is 24.4 Å². The van der Waals surface area contributed by atoms with Crippen molar-refractivity contribution in [1.29, 1.82) is 0 Å². The molecule has 4 unspecified atom stereocenters. The SMILES string of the molecule is O=C1CCCCC1SOS(=O)(=O)C(F)(F)C(F)(F)C1CC2CCC1C2. The van der Waals surface area contributed by atoms with Crippen LogP contribution in [0.1, 0.15) is 51.4 Å². The predicted octanol–water partition coefficient (Wildman–Crippen LogP) is 4.16. The maximum absolute atomic E-state index is 14.4. The van der Waals surface area contributed by atoms with E-state index >= 15 is 0 Å². The topological polar surface area (TPSA) is 60.4 Å². The van der Waals surface area contributed by atoms with Crippen LogP contribution in [0.15, 0.2) is 0 Å². The zero-order chi connectivity index (χ0) is 18.5. The normalized spacial score (nSPS) is 33.8. The first-order valence-corrected chi connectivity index (χ1v) is 10.7. The molecule has 0 heterocycles. The number of fused-ring (bicyclic) bond motifs is 2. The zero-order valence-electron chi connectivity index (χ0n) is 13.4. The number of alkyl halides is 4. The molecule has 3 fully saturated rings. The minimum absolute atomic E-state index is 0.0328. The van der Waals surface area contributed by atoms with Gasteiger partial charge in [-0.25, -0.2) is 0 Å². The molecule has 4 atom stereocenters. The van der Waals surface area contributed by atoms with Crippen molar-refractivity contribution < 1.29 is 34.4 Å². The predicted molar refractivity (Wildman–Crippen MR) is 83.7 cm³/mol. The number of Topliss-reactive ketones (excluding diaryl/α,β-unsaturated/α-hetero) is 1. The molecule has 3 aliphatic carbocycles. The van der Waals surface area contributed by atoms with Crippen LogP contribution in [0, 0.1) is 17.8 Å². The average molecular weight is 404 g/mol. The van der Waals surface area contributed by atoms with E-state index in [1.54, 1.807) is 0 Å². The smallest absolute Gasteiger partial charge is 0.298 e. The number of ketones is 1. The van der Waals surface area contributed by atoms with Gasteiger partial charge in [0.2, 0.25) is 0 Å². The first-order valence-electron chi connectivity index (χ1n) is 8.44. The van der Waals surface area contributed by atoms with E-state index in [9.17, 15) is 30.8 Å². The summed E-state index contributed by atoms with van der Waals surface area (Å²) in [7, 11) is -5.87. The Morgan fingerprint density at radius 1 is 1.04 bits per heavy atom. The summed E-state index contributed by atoms with van der Waals surface area (Å²) in [6, 6.07) is 0. The lowest BCUT2D eigenvalue weighted by Crippen LogP contribution is -2.53. The second-order valence-electron chi connectivity index (χ2n) is 7.24. The minimum atomic E-state index is -5.87. The van der Waals surface area contributed by atoms with Gasteiger partial charge in [-0.2, -0.15) is 29.6 Å². The molecule has 0 aromatic heterocycles. The van der Waals surface area contributed by atoms with Crippen molar-refractivity contribution in [2.45, 2.75) is 67.8 Å². The highest BCUT2D eigenvalue weighted by molar-refractivity contribution is 8.05. The van der Waals surface area contributed by atoms with Crippen molar-refractivity contribution in [1.82, 2.24) is 0 Å². The van der Waals surface area contributed by atoms with Gasteiger partial charge in [-0.1, -0.05) is 12.8 Å². The van der Waals surface area contributed by atoms with E-state index in [0.717, 1.165) is 6.42 Å². The summed E-state index contributed by atoms with van der Waals surface area (Å²) in [5.74, 6) is -7.26. The van der Waals surface area contributed by atoms with Crippen LogP contribution in [0.3, 0.4) is 0 Å². The Bertz CT molecular complexity index is 637. The van der Waals surface area contributed by atoms with E-state index < -0.39 is 38.4 Å². The molecule has 144 valence electrons. The molecule has 0 radical (unpaired) electrons. The lowest BCUT2D eigenvalue weighted by Gasteiger charge is -2.34. The van der Waals surface area contributed by atoms with Gasteiger partial charge in [-0.3, -0.25) is 4.79 Å². The van der Waals surface area contributed by atoms with Crippen LogP contribution in [-0.2, 0) is 18.5 Å². The molecule has 3 rings (SSSR count). The van der Waals surface area contributed by atoms with Gasteiger partial charge in [0.15, 0.2) is 0 Å². The Kier molecular flexibility index (Phi) is 5.18. The van der Waals surface area contributed by atoms with Crippen molar-refractivity contribution in [3.8, 4) is 0 Å². The number of carbonyl (C=O) groups excluding carboxylic acids is 1. The number of hydrogen-bond acceptors (Lipinski definition) is 5. The van der Waals surface area contributed by atoms with Crippen LogP contribution in [0.25, 0.3) is 0 Å². The third kappa shape index (κ3) is 3.34. The van der Waals surface area contributed by atoms with E-state index in [1.807, 2.05) is 0 Å². The number of hydrogen-bond donors (Lipinski definition) is 0. The molecule has 25 heavy (non-hydrogen) atoms. The van der Waals surface area contributed by atoms with E-state index in [2.05, 4.69) is 3.63 Å². The molecule has 0 aromatic carbocycles. The van der Waals surface area contributed by atoms with Crippen molar-refractivity contribution in [3.05, 3.63) is 0 Å². The molecule has 10 heteroatoms. The molecule has 0 N–H and O–H groups in total. The summed E-state index contributed by atoms with van der Waals surface area (Å²) in [4.78, 5) is 11.6. The van der Waals surface area contributed by atoms with Crippen LogP contribution in [0.2, 0.25) is 0 Å². The standard InChI is InChI=1S/C15H20F4O4S2/c16-14(17,11-8-9-5-6-10(11)7-9)15(18,19)25(21,22)23-24-13-4-2-1-3-12(13)20/h9-11,13H,1-8H2. The fraction of sp³-hybridized carbons (Fsp3) is 0.933. The Balaban J connectivity index is 1.71. The van der Waals surface area contributed by atoms with Crippen molar-refractivity contribution >= 4 is 27.9 Å². The molecular formula is C15H20F4O4S2. The maximum atomic E-state index is 14.4. The van der Waals surface area contributed by atoms with Crippen molar-refractivity contribution in [2.24, 2.45) is 17.8 Å². The molecule has 3 aliphatic rings. The molecule has 0 aromatic rings. The molecule has 0 aliphatic heterocycles. The molecule has 4 nitrogen and oxygen atoms in total. The highest BCUT2D eigenvalue weighted by Gasteiger charge is 2.72. The molecule has 0 amide bonds. The first-order chi connectivity index (χ1) is 11.6. The average Bonchev–Trinajstić information content (AvgIpc) is 3.17. The lowest BCUT2D eigenvalue weighted by molar-refractivity contribution is -0.202. The third-order valence-corrected chi connectivity index (χ3v) is 8.31. The number of carbonyl (C=O) groups is 1. The number of halogens is 4. The highest BCUT2D eigenvalue weighted by Crippen LogP contribution is 2.58. The second-order valence-corrected chi connectivity index (χ2v) is 9.97. The van der Waals surface area contributed by atoms with E-state index in [4.69, 9.17) is 0 Å². The summed E-state index contributed by atoms with van der Waals surface area (Å²) in [5.41, 5.74) is 0. The van der Waals surface area contributed by atoms with Crippen LogP contribution in [0.5, 0.6) is 0 Å². The minimum Gasteiger partial charge on any atom is -0.298 e. The second kappa shape index (κ2) is 6.67. The number of rotatable bonds is 6.